The predicted molar refractivity (Wildman–Crippen MR) is 111 cm³/mol. The number of nitrogens with one attached hydrogen (secondary N) is 2. The van der Waals surface area contributed by atoms with Gasteiger partial charge >= 0.3 is 0 Å². The zero-order valence-corrected chi connectivity index (χ0v) is 16.2. The molecule has 2 aromatic carbocycles. The minimum atomic E-state index is 0.588. The van der Waals surface area contributed by atoms with Crippen molar-refractivity contribution in [2.45, 2.75) is 26.6 Å². The number of nitrogens with zero attached hydrogens (tertiary/aromatic N) is 3. The summed E-state index contributed by atoms with van der Waals surface area (Å²) in [5.41, 5.74) is 2.36. The monoisotopic (exact) mass is 381 g/mol. The fourth-order valence-electron chi connectivity index (χ4n) is 2.70. The third-order valence-electron chi connectivity index (χ3n) is 4.09. The van der Waals surface area contributed by atoms with Gasteiger partial charge in [-0.05, 0) is 30.2 Å². The molecule has 0 aliphatic carbocycles. The molecule has 0 fully saturated rings. The number of hydrogen-bond donors (Lipinski definition) is 2. The first kappa shape index (κ1) is 19.0. The van der Waals surface area contributed by atoms with Gasteiger partial charge in [-0.15, -0.1) is 0 Å². The maximum absolute atomic E-state index is 5.93. The van der Waals surface area contributed by atoms with E-state index in [-0.39, 0.29) is 0 Å². The van der Waals surface area contributed by atoms with Gasteiger partial charge in [0.2, 0.25) is 0 Å². The second-order valence-electron chi connectivity index (χ2n) is 6.13. The molecule has 0 saturated heterocycles. The number of halogens is 1. The predicted octanol–water partition coefficient (Wildman–Crippen LogP) is 3.84. The Balaban J connectivity index is 1.62. The summed E-state index contributed by atoms with van der Waals surface area (Å²) in [5.74, 6) is 1.73. The van der Waals surface area contributed by atoms with Crippen LogP contribution in [-0.4, -0.2) is 22.1 Å². The number of aromatic nitrogens is 2. The molecule has 1 aromatic heterocycles. The highest BCUT2D eigenvalue weighted by Crippen LogP contribution is 2.10. The molecule has 0 saturated carbocycles. The molecule has 0 unspecified atom stereocenters. The summed E-state index contributed by atoms with van der Waals surface area (Å²) in [5, 5.41) is 7.37. The van der Waals surface area contributed by atoms with Crippen LogP contribution in [0.4, 0.5) is 0 Å². The van der Waals surface area contributed by atoms with Crippen molar-refractivity contribution in [3.05, 3.63) is 89.0 Å². The van der Waals surface area contributed by atoms with Crippen LogP contribution >= 0.6 is 11.6 Å². The van der Waals surface area contributed by atoms with Gasteiger partial charge in [-0.3, -0.25) is 0 Å². The van der Waals surface area contributed by atoms with Gasteiger partial charge in [0.1, 0.15) is 5.82 Å². The van der Waals surface area contributed by atoms with E-state index >= 15 is 0 Å². The summed E-state index contributed by atoms with van der Waals surface area (Å²) in [4.78, 5) is 9.12. The van der Waals surface area contributed by atoms with Crippen LogP contribution in [0.5, 0.6) is 0 Å². The van der Waals surface area contributed by atoms with Crippen molar-refractivity contribution in [2.75, 3.05) is 6.54 Å². The zero-order valence-electron chi connectivity index (χ0n) is 15.4. The molecule has 0 aliphatic heterocycles. The van der Waals surface area contributed by atoms with E-state index in [0.717, 1.165) is 35.5 Å². The Labute approximate surface area is 165 Å². The maximum Gasteiger partial charge on any atom is 0.191 e. The van der Waals surface area contributed by atoms with Gasteiger partial charge in [0.25, 0.3) is 0 Å². The smallest absolute Gasteiger partial charge is 0.191 e. The summed E-state index contributed by atoms with van der Waals surface area (Å²) >= 11 is 5.93. The number of hydrogen-bond acceptors (Lipinski definition) is 2. The first-order valence-corrected chi connectivity index (χ1v) is 9.43. The van der Waals surface area contributed by atoms with Crippen molar-refractivity contribution in [2.24, 2.45) is 4.99 Å². The van der Waals surface area contributed by atoms with Gasteiger partial charge in [-0.1, -0.05) is 54.1 Å². The average Bonchev–Trinajstić information content (AvgIpc) is 3.13. The Bertz CT molecular complexity index is 856. The van der Waals surface area contributed by atoms with Crippen LogP contribution < -0.4 is 10.6 Å². The lowest BCUT2D eigenvalue weighted by molar-refractivity contribution is 0.688. The standard InChI is InChI=1S/C21H24ClN5/c1-2-23-21(25-14-17-8-10-19(22)11-9-17)26-15-20-24-12-13-27(20)16-18-6-4-3-5-7-18/h3-13H,2,14-16H2,1H3,(H2,23,25,26). The van der Waals surface area contributed by atoms with E-state index in [0.29, 0.717) is 13.1 Å². The van der Waals surface area contributed by atoms with Crippen molar-refractivity contribution in [1.82, 2.24) is 20.2 Å². The lowest BCUT2D eigenvalue weighted by Crippen LogP contribution is -2.37. The van der Waals surface area contributed by atoms with Crippen LogP contribution in [0.15, 0.2) is 72.0 Å². The summed E-state index contributed by atoms with van der Waals surface area (Å²) in [7, 11) is 0. The Morgan fingerprint density at radius 2 is 1.81 bits per heavy atom. The number of rotatable bonds is 7. The van der Waals surface area contributed by atoms with Crippen LogP contribution in [-0.2, 0) is 19.6 Å². The molecule has 2 N–H and O–H groups in total. The van der Waals surface area contributed by atoms with Gasteiger partial charge in [0, 0.05) is 30.5 Å². The average molecular weight is 382 g/mol. The maximum atomic E-state index is 5.93. The van der Waals surface area contributed by atoms with Crippen LogP contribution in [0, 0.1) is 0 Å². The number of benzene rings is 2. The molecule has 0 aliphatic rings. The largest absolute Gasteiger partial charge is 0.357 e. The summed E-state index contributed by atoms with van der Waals surface area (Å²) < 4.78 is 2.14. The molecular formula is C21H24ClN5. The van der Waals surface area contributed by atoms with Gasteiger partial charge < -0.3 is 15.2 Å². The van der Waals surface area contributed by atoms with Crippen molar-refractivity contribution in [3.8, 4) is 0 Å². The minimum absolute atomic E-state index is 0.588. The third kappa shape index (κ3) is 5.86. The SMILES string of the molecule is CCNC(=NCc1ccc(Cl)cc1)NCc1nccn1Cc1ccccc1. The molecule has 0 atom stereocenters. The van der Waals surface area contributed by atoms with E-state index in [1.54, 1.807) is 0 Å². The van der Waals surface area contributed by atoms with Gasteiger partial charge in [0.15, 0.2) is 5.96 Å². The molecule has 0 bridgehead atoms. The van der Waals surface area contributed by atoms with E-state index in [2.05, 4.69) is 56.4 Å². The van der Waals surface area contributed by atoms with Crippen molar-refractivity contribution in [3.63, 3.8) is 0 Å². The molecule has 0 radical (unpaired) electrons. The molecule has 3 aromatic rings. The Morgan fingerprint density at radius 1 is 1.04 bits per heavy atom. The fraction of sp³-hybridized carbons (Fsp3) is 0.238. The second-order valence-corrected chi connectivity index (χ2v) is 6.57. The van der Waals surface area contributed by atoms with Gasteiger partial charge in [0.05, 0.1) is 13.1 Å². The van der Waals surface area contributed by atoms with E-state index in [1.807, 2.05) is 42.7 Å². The van der Waals surface area contributed by atoms with Crippen molar-refractivity contribution >= 4 is 17.6 Å². The van der Waals surface area contributed by atoms with Crippen LogP contribution in [0.2, 0.25) is 5.02 Å². The Hall–Kier alpha value is -2.79. The first-order valence-electron chi connectivity index (χ1n) is 9.05. The van der Waals surface area contributed by atoms with E-state index in [9.17, 15) is 0 Å². The molecular weight excluding hydrogens is 358 g/mol. The highest BCUT2D eigenvalue weighted by molar-refractivity contribution is 6.30. The molecule has 0 spiro atoms. The zero-order chi connectivity index (χ0) is 18.9. The molecule has 6 heteroatoms. The Morgan fingerprint density at radius 3 is 2.56 bits per heavy atom. The minimum Gasteiger partial charge on any atom is -0.357 e. The molecule has 140 valence electrons. The third-order valence-corrected chi connectivity index (χ3v) is 4.34. The van der Waals surface area contributed by atoms with Crippen molar-refractivity contribution < 1.29 is 0 Å². The molecule has 1 heterocycles. The number of aliphatic imine (C=N–C) groups is 1. The van der Waals surface area contributed by atoms with E-state index in [1.165, 1.54) is 5.56 Å². The highest BCUT2D eigenvalue weighted by atomic mass is 35.5. The lowest BCUT2D eigenvalue weighted by Gasteiger charge is -2.13. The molecule has 3 rings (SSSR count). The Kier molecular flexibility index (Phi) is 6.88. The lowest BCUT2D eigenvalue weighted by atomic mass is 10.2. The van der Waals surface area contributed by atoms with E-state index < -0.39 is 0 Å². The normalized spacial score (nSPS) is 11.4. The molecule has 27 heavy (non-hydrogen) atoms. The first-order chi connectivity index (χ1) is 13.2. The molecule has 0 amide bonds. The number of imidazole rings is 1. The molecule has 5 nitrogen and oxygen atoms in total. The second kappa shape index (κ2) is 9.78. The summed E-state index contributed by atoms with van der Waals surface area (Å²) in [6.45, 7) is 4.84. The highest BCUT2D eigenvalue weighted by Gasteiger charge is 2.05. The van der Waals surface area contributed by atoms with Gasteiger partial charge in [-0.25, -0.2) is 9.98 Å². The quantitative estimate of drug-likeness (QED) is 0.483. The fourth-order valence-corrected chi connectivity index (χ4v) is 2.82. The number of guanidine groups is 1. The van der Waals surface area contributed by atoms with Crippen LogP contribution in [0.3, 0.4) is 0 Å². The topological polar surface area (TPSA) is 54.2 Å². The van der Waals surface area contributed by atoms with Crippen LogP contribution in [0.1, 0.15) is 23.9 Å². The summed E-state index contributed by atoms with van der Waals surface area (Å²) in [6.07, 6.45) is 3.83. The summed E-state index contributed by atoms with van der Waals surface area (Å²) in [6, 6.07) is 18.1. The van der Waals surface area contributed by atoms with Gasteiger partial charge in [-0.2, -0.15) is 0 Å². The van der Waals surface area contributed by atoms with E-state index in [4.69, 9.17) is 11.6 Å². The van der Waals surface area contributed by atoms with Crippen molar-refractivity contribution in [1.29, 1.82) is 0 Å². The van der Waals surface area contributed by atoms with Crippen LogP contribution in [0.25, 0.3) is 0 Å².